The number of rotatable bonds is 3. The van der Waals surface area contributed by atoms with Gasteiger partial charge in [0.25, 0.3) is 0 Å². The highest BCUT2D eigenvalue weighted by molar-refractivity contribution is 7.90. The lowest BCUT2D eigenvalue weighted by molar-refractivity contribution is 0.457. The first-order valence-corrected chi connectivity index (χ1v) is 7.76. The average molecular weight is 304 g/mol. The predicted molar refractivity (Wildman–Crippen MR) is 77.4 cm³/mol. The first kappa shape index (κ1) is 13.4. The van der Waals surface area contributed by atoms with Crippen molar-refractivity contribution in [3.8, 4) is 5.75 Å². The van der Waals surface area contributed by atoms with Crippen LogP contribution in [0.5, 0.6) is 5.75 Å². The van der Waals surface area contributed by atoms with Gasteiger partial charge in [-0.15, -0.1) is 0 Å². The normalized spacial score (nSPS) is 11.8. The molecule has 3 aromatic rings. The molecule has 0 radical (unpaired) electrons. The van der Waals surface area contributed by atoms with E-state index in [0.29, 0.717) is 22.4 Å². The van der Waals surface area contributed by atoms with Crippen LogP contribution in [0.2, 0.25) is 0 Å². The lowest BCUT2D eigenvalue weighted by Crippen LogP contribution is -2.05. The number of sulfone groups is 1. The van der Waals surface area contributed by atoms with Crippen molar-refractivity contribution in [3.05, 3.63) is 48.0 Å². The van der Waals surface area contributed by atoms with E-state index in [-0.39, 0.29) is 16.7 Å². The fourth-order valence-corrected chi connectivity index (χ4v) is 3.18. The van der Waals surface area contributed by atoms with Gasteiger partial charge in [0.15, 0.2) is 5.58 Å². The minimum absolute atomic E-state index is 0.00744. The third kappa shape index (κ3) is 2.68. The van der Waals surface area contributed by atoms with Crippen molar-refractivity contribution in [3.63, 3.8) is 0 Å². The number of aromatic nitrogens is 1. The van der Waals surface area contributed by atoms with Gasteiger partial charge in [0, 0.05) is 5.69 Å². The van der Waals surface area contributed by atoms with Crippen LogP contribution in [0.1, 0.15) is 5.56 Å². The number of phenols is 1. The Morgan fingerprint density at radius 1 is 1.19 bits per heavy atom. The van der Waals surface area contributed by atoms with Gasteiger partial charge in [-0.2, -0.15) is 4.98 Å². The van der Waals surface area contributed by atoms with Crippen molar-refractivity contribution in [1.82, 2.24) is 4.98 Å². The Labute approximate surface area is 120 Å². The average Bonchev–Trinajstić information content (AvgIpc) is 2.82. The molecular weight excluding hydrogens is 292 g/mol. The van der Waals surface area contributed by atoms with Crippen LogP contribution in [0.25, 0.3) is 11.1 Å². The summed E-state index contributed by atoms with van der Waals surface area (Å²) in [6.45, 7) is 0. The van der Waals surface area contributed by atoms with E-state index in [2.05, 4.69) is 4.98 Å². The molecule has 1 heterocycles. The minimum Gasteiger partial charge on any atom is -0.508 e. The second kappa shape index (κ2) is 4.78. The van der Waals surface area contributed by atoms with Gasteiger partial charge in [0.05, 0.1) is 5.75 Å². The highest BCUT2D eigenvalue weighted by Gasteiger charge is 2.22. The number of oxazole rings is 1. The van der Waals surface area contributed by atoms with Crippen LogP contribution in [0.3, 0.4) is 0 Å². The number of aromatic hydroxyl groups is 1. The van der Waals surface area contributed by atoms with Crippen molar-refractivity contribution in [1.29, 1.82) is 0 Å². The molecule has 0 aliphatic carbocycles. The van der Waals surface area contributed by atoms with E-state index in [0.717, 1.165) is 0 Å². The van der Waals surface area contributed by atoms with E-state index in [1.54, 1.807) is 30.3 Å². The van der Waals surface area contributed by atoms with Crippen LogP contribution in [-0.4, -0.2) is 18.5 Å². The molecule has 2 aromatic carbocycles. The Morgan fingerprint density at radius 3 is 2.76 bits per heavy atom. The smallest absolute Gasteiger partial charge is 0.316 e. The molecule has 0 unspecified atom stereocenters. The fraction of sp³-hybridized carbons (Fsp3) is 0.0714. The summed E-state index contributed by atoms with van der Waals surface area (Å²) in [5, 5.41) is 9.02. The van der Waals surface area contributed by atoms with E-state index >= 15 is 0 Å². The van der Waals surface area contributed by atoms with Gasteiger partial charge >= 0.3 is 5.22 Å². The number of nitrogens with two attached hydrogens (primary N) is 1. The molecule has 21 heavy (non-hydrogen) atoms. The number of phenolic OH excluding ortho intramolecular Hbond substituents is 1. The van der Waals surface area contributed by atoms with E-state index in [1.165, 1.54) is 12.1 Å². The van der Waals surface area contributed by atoms with Crippen LogP contribution in [-0.2, 0) is 15.6 Å². The van der Waals surface area contributed by atoms with Gasteiger partial charge in [-0.25, -0.2) is 8.42 Å². The number of fused-ring (bicyclic) bond motifs is 1. The highest BCUT2D eigenvalue weighted by Crippen LogP contribution is 2.24. The second-order valence-electron chi connectivity index (χ2n) is 4.64. The summed E-state index contributed by atoms with van der Waals surface area (Å²) in [6, 6.07) is 10.8. The van der Waals surface area contributed by atoms with Crippen LogP contribution < -0.4 is 5.73 Å². The first-order valence-electron chi connectivity index (χ1n) is 6.11. The maximum Gasteiger partial charge on any atom is 0.316 e. The number of nitrogens with zero attached hydrogens (tertiary/aromatic N) is 1. The monoisotopic (exact) mass is 304 g/mol. The Kier molecular flexibility index (Phi) is 3.06. The zero-order valence-electron chi connectivity index (χ0n) is 10.9. The van der Waals surface area contributed by atoms with Crippen molar-refractivity contribution >= 4 is 26.6 Å². The zero-order valence-corrected chi connectivity index (χ0v) is 11.7. The third-order valence-electron chi connectivity index (χ3n) is 2.93. The highest BCUT2D eigenvalue weighted by atomic mass is 32.2. The van der Waals surface area contributed by atoms with Crippen molar-refractivity contribution in [2.75, 3.05) is 5.73 Å². The Morgan fingerprint density at radius 2 is 2.00 bits per heavy atom. The molecule has 0 saturated carbocycles. The lowest BCUT2D eigenvalue weighted by Gasteiger charge is -2.01. The number of benzene rings is 2. The topological polar surface area (TPSA) is 106 Å². The standard InChI is InChI=1S/C14H12N2O4S/c15-10-4-5-13-12(7-10)16-14(20-13)21(18,19)8-9-2-1-3-11(17)6-9/h1-7,17H,8,15H2. The van der Waals surface area contributed by atoms with Gasteiger partial charge in [-0.05, 0) is 35.9 Å². The second-order valence-corrected chi connectivity index (χ2v) is 6.50. The van der Waals surface area contributed by atoms with Gasteiger partial charge in [0.2, 0.25) is 9.84 Å². The summed E-state index contributed by atoms with van der Waals surface area (Å²) >= 11 is 0. The van der Waals surface area contributed by atoms with E-state index in [9.17, 15) is 13.5 Å². The van der Waals surface area contributed by atoms with E-state index < -0.39 is 9.84 Å². The summed E-state index contributed by atoms with van der Waals surface area (Å²) in [5.74, 6) is -0.294. The molecule has 3 rings (SSSR count). The number of nitrogen functional groups attached to an aromatic ring is 1. The fourth-order valence-electron chi connectivity index (χ4n) is 1.98. The molecule has 7 heteroatoms. The summed E-state index contributed by atoms with van der Waals surface area (Å²) in [6.07, 6.45) is 0. The molecule has 0 fully saturated rings. The third-order valence-corrected chi connectivity index (χ3v) is 4.35. The molecule has 0 amide bonds. The Balaban J connectivity index is 2.00. The summed E-state index contributed by atoms with van der Waals surface area (Å²) in [4.78, 5) is 3.97. The molecule has 6 nitrogen and oxygen atoms in total. The maximum absolute atomic E-state index is 12.3. The first-order chi connectivity index (χ1) is 9.94. The number of anilines is 1. The minimum atomic E-state index is -3.73. The van der Waals surface area contributed by atoms with E-state index in [4.69, 9.17) is 10.2 Å². The van der Waals surface area contributed by atoms with Gasteiger partial charge in [-0.3, -0.25) is 0 Å². The van der Waals surface area contributed by atoms with Gasteiger partial charge < -0.3 is 15.3 Å². The Hall–Kier alpha value is -2.54. The number of hydrogen-bond donors (Lipinski definition) is 2. The molecule has 0 spiro atoms. The number of hydrogen-bond acceptors (Lipinski definition) is 6. The zero-order chi connectivity index (χ0) is 15.0. The quantitative estimate of drug-likeness (QED) is 0.718. The predicted octanol–water partition coefficient (Wildman–Crippen LogP) is 2.09. The van der Waals surface area contributed by atoms with Crippen molar-refractivity contribution in [2.45, 2.75) is 11.0 Å². The maximum atomic E-state index is 12.3. The van der Waals surface area contributed by atoms with E-state index in [1.807, 2.05) is 0 Å². The molecule has 108 valence electrons. The molecule has 0 aliphatic rings. The Bertz CT molecular complexity index is 916. The SMILES string of the molecule is Nc1ccc2oc(S(=O)(=O)Cc3cccc(O)c3)nc2c1. The van der Waals surface area contributed by atoms with Crippen LogP contribution in [0.15, 0.2) is 52.1 Å². The summed E-state index contributed by atoms with van der Waals surface area (Å²) in [7, 11) is -3.73. The summed E-state index contributed by atoms with van der Waals surface area (Å²) < 4.78 is 29.9. The van der Waals surface area contributed by atoms with Crippen molar-refractivity contribution < 1.29 is 17.9 Å². The van der Waals surface area contributed by atoms with Crippen molar-refractivity contribution in [2.24, 2.45) is 0 Å². The molecular formula is C14H12N2O4S. The van der Waals surface area contributed by atoms with Gasteiger partial charge in [0.1, 0.15) is 11.3 Å². The van der Waals surface area contributed by atoms with Crippen LogP contribution >= 0.6 is 0 Å². The molecule has 0 saturated heterocycles. The molecule has 0 atom stereocenters. The van der Waals surface area contributed by atoms with Crippen LogP contribution in [0, 0.1) is 0 Å². The molecule has 3 N–H and O–H groups in total. The molecule has 0 bridgehead atoms. The molecule has 0 aliphatic heterocycles. The van der Waals surface area contributed by atoms with Gasteiger partial charge in [-0.1, -0.05) is 12.1 Å². The summed E-state index contributed by atoms with van der Waals surface area (Å²) in [5.41, 5.74) is 7.31. The largest absolute Gasteiger partial charge is 0.508 e. The van der Waals surface area contributed by atoms with Crippen LogP contribution in [0.4, 0.5) is 5.69 Å². The lowest BCUT2D eigenvalue weighted by atomic mass is 10.2. The molecule has 1 aromatic heterocycles.